The van der Waals surface area contributed by atoms with Crippen molar-refractivity contribution in [2.45, 2.75) is 77.0 Å². The number of nitriles is 1. The van der Waals surface area contributed by atoms with Gasteiger partial charge in [0.1, 0.15) is 11.8 Å². The molecule has 0 amide bonds. The highest BCUT2D eigenvalue weighted by Gasteiger charge is 2.31. The van der Waals surface area contributed by atoms with Crippen LogP contribution in [0.5, 0.6) is 5.75 Å². The Labute approximate surface area is 203 Å². The number of benzene rings is 2. The van der Waals surface area contributed by atoms with E-state index in [-0.39, 0.29) is 11.3 Å². The normalized spacial score (nSPS) is 25.2. The van der Waals surface area contributed by atoms with Crippen LogP contribution >= 0.6 is 11.6 Å². The topological polar surface area (TPSA) is 50.1 Å². The average molecular weight is 464 g/mol. The van der Waals surface area contributed by atoms with Gasteiger partial charge in [0.25, 0.3) is 0 Å². The summed E-state index contributed by atoms with van der Waals surface area (Å²) in [4.78, 5) is 12.6. The zero-order valence-corrected chi connectivity index (χ0v) is 20.3. The summed E-state index contributed by atoms with van der Waals surface area (Å²) in [7, 11) is 0. The molecule has 33 heavy (non-hydrogen) atoms. The molecule has 2 saturated carbocycles. The minimum Gasteiger partial charge on any atom is -0.422 e. The molecule has 3 nitrogen and oxygen atoms in total. The first kappa shape index (κ1) is 23.8. The number of ether oxygens (including phenoxy) is 1. The molecule has 2 aliphatic rings. The fourth-order valence-electron chi connectivity index (χ4n) is 6.01. The van der Waals surface area contributed by atoms with Crippen molar-refractivity contribution in [3.8, 4) is 11.8 Å². The Balaban J connectivity index is 1.29. The van der Waals surface area contributed by atoms with Gasteiger partial charge in [-0.1, -0.05) is 56.3 Å². The number of hydrogen-bond acceptors (Lipinski definition) is 3. The van der Waals surface area contributed by atoms with Crippen LogP contribution in [0.15, 0.2) is 42.5 Å². The van der Waals surface area contributed by atoms with Crippen molar-refractivity contribution in [3.63, 3.8) is 0 Å². The highest BCUT2D eigenvalue weighted by Crippen LogP contribution is 2.44. The lowest BCUT2D eigenvalue weighted by molar-refractivity contribution is 0.0734. The van der Waals surface area contributed by atoms with Crippen molar-refractivity contribution < 1.29 is 9.53 Å². The van der Waals surface area contributed by atoms with Gasteiger partial charge in [0, 0.05) is 5.02 Å². The Morgan fingerprint density at radius 2 is 1.61 bits per heavy atom. The van der Waals surface area contributed by atoms with E-state index in [9.17, 15) is 10.1 Å². The summed E-state index contributed by atoms with van der Waals surface area (Å²) >= 11 is 5.92. The molecule has 0 saturated heterocycles. The molecule has 0 heterocycles. The molecule has 0 unspecified atom stereocenters. The third kappa shape index (κ3) is 5.98. The summed E-state index contributed by atoms with van der Waals surface area (Å²) in [5, 5.41) is 9.68. The zero-order chi connectivity index (χ0) is 23.2. The van der Waals surface area contributed by atoms with Crippen LogP contribution < -0.4 is 4.74 Å². The van der Waals surface area contributed by atoms with E-state index in [1.165, 1.54) is 75.8 Å². The maximum Gasteiger partial charge on any atom is 0.343 e. The molecule has 2 fully saturated rings. The third-order valence-corrected chi connectivity index (χ3v) is 8.14. The van der Waals surface area contributed by atoms with Crippen LogP contribution in [0, 0.1) is 29.1 Å². The molecule has 4 rings (SSSR count). The first-order valence-electron chi connectivity index (χ1n) is 12.6. The highest BCUT2D eigenvalue weighted by atomic mass is 35.5. The fraction of sp³-hybridized carbons (Fsp3) is 0.517. The second-order valence-corrected chi connectivity index (χ2v) is 10.4. The van der Waals surface area contributed by atoms with Gasteiger partial charge in [0.05, 0.1) is 11.1 Å². The Bertz CT molecular complexity index is 978. The smallest absolute Gasteiger partial charge is 0.343 e. The van der Waals surface area contributed by atoms with Gasteiger partial charge in [-0.25, -0.2) is 4.79 Å². The monoisotopic (exact) mass is 463 g/mol. The number of halogens is 1. The fourth-order valence-corrected chi connectivity index (χ4v) is 6.18. The van der Waals surface area contributed by atoms with E-state index in [1.54, 1.807) is 12.1 Å². The first-order valence-corrected chi connectivity index (χ1v) is 13.0. The molecule has 0 N–H and O–H groups in total. The summed E-state index contributed by atoms with van der Waals surface area (Å²) in [5.41, 5.74) is 2.07. The van der Waals surface area contributed by atoms with Crippen LogP contribution in [0.1, 0.15) is 98.5 Å². The van der Waals surface area contributed by atoms with Crippen LogP contribution in [0.25, 0.3) is 0 Å². The number of rotatable bonds is 6. The molecule has 0 aromatic heterocycles. The molecule has 2 aromatic rings. The van der Waals surface area contributed by atoms with E-state index in [4.69, 9.17) is 16.3 Å². The molecular formula is C29H34ClNO2. The SMILES string of the molecule is CCC[C@H]1CC[C@H]([C@H]2CC[C@H](c3ccc(C(=O)Oc4ccc(Cl)cc4C#N)cc3)CC2)CC1. The van der Waals surface area contributed by atoms with Crippen molar-refractivity contribution >= 4 is 17.6 Å². The number of carbonyl (C=O) groups is 1. The summed E-state index contributed by atoms with van der Waals surface area (Å²) < 4.78 is 5.45. The zero-order valence-electron chi connectivity index (χ0n) is 19.6. The minimum atomic E-state index is -0.456. The Morgan fingerprint density at radius 3 is 2.21 bits per heavy atom. The lowest BCUT2D eigenvalue weighted by Gasteiger charge is -2.38. The number of nitrogens with zero attached hydrogens (tertiary/aromatic N) is 1. The van der Waals surface area contributed by atoms with Gasteiger partial charge >= 0.3 is 5.97 Å². The van der Waals surface area contributed by atoms with Crippen molar-refractivity contribution in [2.75, 3.05) is 0 Å². The van der Waals surface area contributed by atoms with E-state index in [1.807, 2.05) is 18.2 Å². The summed E-state index contributed by atoms with van der Waals surface area (Å²) in [5.74, 6) is 3.21. The summed E-state index contributed by atoms with van der Waals surface area (Å²) in [6, 6.07) is 14.5. The Kier molecular flexibility index (Phi) is 8.10. The largest absolute Gasteiger partial charge is 0.422 e. The van der Waals surface area contributed by atoms with Crippen LogP contribution in [-0.4, -0.2) is 5.97 Å². The molecule has 0 aliphatic heterocycles. The maximum absolute atomic E-state index is 12.6. The average Bonchev–Trinajstić information content (AvgIpc) is 2.86. The lowest BCUT2D eigenvalue weighted by atomic mass is 9.68. The second-order valence-electron chi connectivity index (χ2n) is 9.94. The quantitative estimate of drug-likeness (QED) is 0.319. The van der Waals surface area contributed by atoms with Gasteiger partial charge in [-0.2, -0.15) is 5.26 Å². The molecule has 0 atom stereocenters. The predicted molar refractivity (Wildman–Crippen MR) is 133 cm³/mol. The van der Waals surface area contributed by atoms with Gasteiger partial charge < -0.3 is 4.74 Å². The molecule has 4 heteroatoms. The van der Waals surface area contributed by atoms with Gasteiger partial charge in [0.2, 0.25) is 0 Å². The van der Waals surface area contributed by atoms with Gasteiger partial charge in [-0.15, -0.1) is 0 Å². The van der Waals surface area contributed by atoms with E-state index >= 15 is 0 Å². The minimum absolute atomic E-state index is 0.234. The van der Waals surface area contributed by atoms with Crippen LogP contribution in [0.3, 0.4) is 0 Å². The van der Waals surface area contributed by atoms with Crippen molar-refractivity contribution in [2.24, 2.45) is 17.8 Å². The molecule has 2 aliphatic carbocycles. The van der Waals surface area contributed by atoms with Crippen molar-refractivity contribution in [1.29, 1.82) is 5.26 Å². The molecule has 2 aromatic carbocycles. The van der Waals surface area contributed by atoms with Crippen LogP contribution in [0.2, 0.25) is 5.02 Å². The number of esters is 1. The summed E-state index contributed by atoms with van der Waals surface area (Å²) in [6.45, 7) is 2.31. The van der Waals surface area contributed by atoms with E-state index in [0.717, 1.165) is 17.8 Å². The Morgan fingerprint density at radius 1 is 0.970 bits per heavy atom. The molecule has 0 spiro atoms. The molecule has 174 valence electrons. The van der Waals surface area contributed by atoms with E-state index in [0.29, 0.717) is 16.5 Å². The van der Waals surface area contributed by atoms with E-state index < -0.39 is 5.97 Å². The highest BCUT2D eigenvalue weighted by molar-refractivity contribution is 6.30. The second kappa shape index (κ2) is 11.2. The first-order chi connectivity index (χ1) is 16.1. The van der Waals surface area contributed by atoms with Crippen molar-refractivity contribution in [3.05, 3.63) is 64.2 Å². The standard InChI is InChI=1S/C29H34ClNO2/c1-2-3-20-4-6-21(7-5-20)22-8-10-23(11-9-22)24-12-14-25(15-13-24)29(32)33-28-17-16-27(30)18-26(28)19-31/h12-18,20-23H,2-11H2,1H3/t20-,21-,22-,23-. The maximum atomic E-state index is 12.6. The summed E-state index contributed by atoms with van der Waals surface area (Å²) in [6.07, 6.45) is 13.7. The molecule has 0 radical (unpaired) electrons. The number of carbonyl (C=O) groups excluding carboxylic acids is 1. The lowest BCUT2D eigenvalue weighted by Crippen LogP contribution is -2.25. The predicted octanol–water partition coefficient (Wildman–Crippen LogP) is 8.31. The molecule has 0 bridgehead atoms. The van der Waals surface area contributed by atoms with Crippen molar-refractivity contribution in [1.82, 2.24) is 0 Å². The third-order valence-electron chi connectivity index (χ3n) is 7.91. The number of hydrogen-bond donors (Lipinski definition) is 0. The van der Waals surface area contributed by atoms with Gasteiger partial charge in [-0.3, -0.25) is 0 Å². The van der Waals surface area contributed by atoms with Crippen LogP contribution in [-0.2, 0) is 0 Å². The van der Waals surface area contributed by atoms with Crippen LogP contribution in [0.4, 0.5) is 0 Å². The van der Waals surface area contributed by atoms with Gasteiger partial charge in [-0.05, 0) is 98.1 Å². The Hall–Kier alpha value is -2.31. The van der Waals surface area contributed by atoms with E-state index in [2.05, 4.69) is 19.1 Å². The van der Waals surface area contributed by atoms with Gasteiger partial charge in [0.15, 0.2) is 0 Å². The molecular weight excluding hydrogens is 430 g/mol.